The quantitative estimate of drug-likeness (QED) is 0.174. The Bertz CT molecular complexity index is 2000. The van der Waals surface area contributed by atoms with E-state index in [9.17, 15) is 0 Å². The molecule has 0 saturated carbocycles. The van der Waals surface area contributed by atoms with Crippen LogP contribution in [0, 0.1) is 0 Å². The number of aromatic amines is 2. The molecule has 7 rings (SSSR count). The number of fused-ring (bicyclic) bond motifs is 4. The molecule has 0 fully saturated rings. The number of nitrogens with one attached hydrogen (secondary N) is 2. The summed E-state index contributed by atoms with van der Waals surface area (Å²) >= 11 is 10.7. The van der Waals surface area contributed by atoms with Crippen LogP contribution in [0.25, 0.3) is 40.9 Å². The molecule has 8 heteroatoms. The molecule has 0 bridgehead atoms. The van der Waals surface area contributed by atoms with Crippen LogP contribution < -0.4 is 10.7 Å². The number of rotatable bonds is 2. The summed E-state index contributed by atoms with van der Waals surface area (Å²) in [6.45, 7) is 0. The lowest BCUT2D eigenvalue weighted by Gasteiger charge is -2.10. The fourth-order valence-corrected chi connectivity index (χ4v) is 7.73. The van der Waals surface area contributed by atoms with Gasteiger partial charge in [-0.3, -0.25) is 0 Å². The number of halogens is 2. The number of aromatic nitrogens is 2. The minimum absolute atomic E-state index is 0.900. The first-order chi connectivity index (χ1) is 18.6. The first-order valence-electron chi connectivity index (χ1n) is 11.9. The number of para-hydroxylation sites is 2. The zero-order valence-electron chi connectivity index (χ0n) is 19.7. The van der Waals surface area contributed by atoms with Gasteiger partial charge in [-0.05, 0) is 60.7 Å². The lowest BCUT2D eigenvalue weighted by atomic mass is 10.2. The molecular formula is C30H18Br2N4S2. The largest absolute Gasteiger partial charge is 0.351 e. The molecule has 0 radical (unpaired) electrons. The molecule has 0 atom stereocenters. The van der Waals surface area contributed by atoms with Gasteiger partial charge in [-0.15, -0.1) is 22.7 Å². The van der Waals surface area contributed by atoms with Gasteiger partial charge < -0.3 is 9.97 Å². The Balaban J connectivity index is 1.77. The maximum Gasteiger partial charge on any atom is 0.108 e. The van der Waals surface area contributed by atoms with Crippen LogP contribution in [0.15, 0.2) is 116 Å². The third-order valence-electron chi connectivity index (χ3n) is 6.18. The molecule has 2 aromatic heterocycles. The van der Waals surface area contributed by atoms with Crippen molar-refractivity contribution >= 4 is 107 Å². The van der Waals surface area contributed by atoms with Gasteiger partial charge in [0.2, 0.25) is 0 Å². The predicted molar refractivity (Wildman–Crippen MR) is 168 cm³/mol. The Labute approximate surface area is 242 Å². The highest BCUT2D eigenvalue weighted by Crippen LogP contribution is 2.31. The van der Waals surface area contributed by atoms with Crippen LogP contribution in [0.1, 0.15) is 0 Å². The van der Waals surface area contributed by atoms with Crippen molar-refractivity contribution in [3.8, 4) is 0 Å². The maximum atomic E-state index is 5.20. The standard InChI is InChI=1S/C30H18Br2N4S2/c31-17-12-14-22-23(15-17)37-29-25(33-19-7-3-1-4-8-19)27-30(38-24-16-18(32)11-13-21(24)35-27)26(28(29)36-22)34-20-9-5-2-6-10-20/h1-16,35-36H. The highest BCUT2D eigenvalue weighted by atomic mass is 79.9. The molecule has 7 aromatic rings. The predicted octanol–water partition coefficient (Wildman–Crippen LogP) is 9.63. The van der Waals surface area contributed by atoms with Crippen molar-refractivity contribution in [2.24, 2.45) is 9.98 Å². The van der Waals surface area contributed by atoms with E-state index in [0.29, 0.717) is 0 Å². The van der Waals surface area contributed by atoms with Crippen LogP contribution >= 0.6 is 54.5 Å². The van der Waals surface area contributed by atoms with E-state index in [1.807, 2.05) is 60.7 Å². The molecule has 0 amide bonds. The topological polar surface area (TPSA) is 56.3 Å². The van der Waals surface area contributed by atoms with Crippen LogP contribution in [-0.4, -0.2) is 9.97 Å². The highest BCUT2D eigenvalue weighted by Gasteiger charge is 2.14. The molecule has 0 saturated heterocycles. The van der Waals surface area contributed by atoms with Gasteiger partial charge >= 0.3 is 0 Å². The van der Waals surface area contributed by atoms with E-state index in [-0.39, 0.29) is 0 Å². The van der Waals surface area contributed by atoms with Crippen LogP contribution in [0.2, 0.25) is 0 Å². The average Bonchev–Trinajstić information content (AvgIpc) is 2.94. The van der Waals surface area contributed by atoms with Crippen LogP contribution in [0.4, 0.5) is 11.4 Å². The first-order valence-corrected chi connectivity index (χ1v) is 15.1. The summed E-state index contributed by atoms with van der Waals surface area (Å²) in [6.07, 6.45) is 0. The normalized spacial score (nSPS) is 12.8. The van der Waals surface area contributed by atoms with E-state index >= 15 is 0 Å². The fourth-order valence-electron chi connectivity index (χ4n) is 4.44. The summed E-state index contributed by atoms with van der Waals surface area (Å²) in [6, 6.07) is 32.8. The van der Waals surface area contributed by atoms with Gasteiger partial charge in [-0.2, -0.15) is 0 Å². The molecule has 0 unspecified atom stereocenters. The summed E-state index contributed by atoms with van der Waals surface area (Å²) in [5, 5.41) is 1.80. The Morgan fingerprint density at radius 3 is 1.37 bits per heavy atom. The zero-order valence-corrected chi connectivity index (χ0v) is 24.5. The molecule has 4 nitrogen and oxygen atoms in total. The monoisotopic (exact) mass is 656 g/mol. The van der Waals surface area contributed by atoms with Crippen molar-refractivity contribution < 1.29 is 0 Å². The molecule has 38 heavy (non-hydrogen) atoms. The van der Waals surface area contributed by atoms with Crippen molar-refractivity contribution in [2.45, 2.75) is 0 Å². The van der Waals surface area contributed by atoms with Crippen LogP contribution in [-0.2, 0) is 0 Å². The number of benzene rings is 5. The average molecular weight is 658 g/mol. The number of nitrogens with zero attached hydrogens (tertiary/aromatic N) is 2. The fraction of sp³-hybridized carbons (Fsp3) is 0. The minimum Gasteiger partial charge on any atom is -0.351 e. The van der Waals surface area contributed by atoms with Gasteiger partial charge in [0, 0.05) is 8.95 Å². The van der Waals surface area contributed by atoms with Gasteiger partial charge in [-0.25, -0.2) is 9.98 Å². The lowest BCUT2D eigenvalue weighted by molar-refractivity contribution is 1.33. The number of hydrogen-bond donors (Lipinski definition) is 2. The molecule has 2 heterocycles. The molecule has 5 aromatic carbocycles. The lowest BCUT2D eigenvalue weighted by Crippen LogP contribution is -2.16. The van der Waals surface area contributed by atoms with E-state index in [1.54, 1.807) is 22.7 Å². The van der Waals surface area contributed by atoms with Gasteiger partial charge in [0.15, 0.2) is 0 Å². The number of hydrogen-bond acceptors (Lipinski definition) is 4. The highest BCUT2D eigenvalue weighted by molar-refractivity contribution is 9.10. The second-order valence-corrected chi connectivity index (χ2v) is 12.7. The molecular weight excluding hydrogens is 640 g/mol. The second kappa shape index (κ2) is 9.78. The smallest absolute Gasteiger partial charge is 0.108 e. The minimum atomic E-state index is 0.900. The SMILES string of the molecule is Brc1ccc2[nH]c3c(=Nc4ccccc4)c4sc5cc(Br)ccc5[nH]c4c(=Nc4ccccc4)c3sc2c1. The summed E-state index contributed by atoms with van der Waals surface area (Å²) in [4.78, 5) is 17.8. The third-order valence-corrected chi connectivity index (χ3v) is 9.49. The van der Waals surface area contributed by atoms with E-state index < -0.39 is 0 Å². The van der Waals surface area contributed by atoms with Gasteiger partial charge in [0.05, 0.1) is 52.2 Å². The van der Waals surface area contributed by atoms with Crippen molar-refractivity contribution in [3.63, 3.8) is 0 Å². The first kappa shape index (κ1) is 23.8. The molecule has 2 N–H and O–H groups in total. The Kier molecular flexibility index (Phi) is 6.12. The van der Waals surface area contributed by atoms with Gasteiger partial charge in [-0.1, -0.05) is 68.3 Å². The Morgan fingerprint density at radius 2 is 0.947 bits per heavy atom. The Hall–Kier alpha value is -3.30. The van der Waals surface area contributed by atoms with E-state index in [2.05, 4.69) is 78.2 Å². The summed E-state index contributed by atoms with van der Waals surface area (Å²) < 4.78 is 6.43. The Morgan fingerprint density at radius 1 is 0.526 bits per heavy atom. The third kappa shape index (κ3) is 4.37. The number of H-pyrrole nitrogens is 2. The van der Waals surface area contributed by atoms with Crippen LogP contribution in [0.5, 0.6) is 0 Å². The van der Waals surface area contributed by atoms with Crippen molar-refractivity contribution in [3.05, 3.63) is 117 Å². The van der Waals surface area contributed by atoms with Gasteiger partial charge in [0.25, 0.3) is 0 Å². The summed E-state index contributed by atoms with van der Waals surface area (Å²) in [5.41, 5.74) is 5.84. The summed E-state index contributed by atoms with van der Waals surface area (Å²) in [5.74, 6) is 0. The maximum absolute atomic E-state index is 5.20. The van der Waals surface area contributed by atoms with Crippen LogP contribution in [0.3, 0.4) is 0 Å². The molecule has 0 spiro atoms. The molecule has 0 aliphatic rings. The van der Waals surface area contributed by atoms with E-state index in [0.717, 1.165) is 71.9 Å². The van der Waals surface area contributed by atoms with E-state index in [1.165, 1.54) is 0 Å². The molecule has 0 aliphatic carbocycles. The van der Waals surface area contributed by atoms with Gasteiger partial charge in [0.1, 0.15) is 10.7 Å². The molecule has 0 aliphatic heterocycles. The van der Waals surface area contributed by atoms with Crippen molar-refractivity contribution in [1.82, 2.24) is 9.97 Å². The van der Waals surface area contributed by atoms with E-state index in [4.69, 9.17) is 9.98 Å². The second-order valence-electron chi connectivity index (χ2n) is 8.74. The molecule has 184 valence electrons. The van der Waals surface area contributed by atoms with Crippen molar-refractivity contribution in [2.75, 3.05) is 0 Å². The zero-order chi connectivity index (χ0) is 25.6. The van der Waals surface area contributed by atoms with Crippen molar-refractivity contribution in [1.29, 1.82) is 0 Å². The summed E-state index contributed by atoms with van der Waals surface area (Å²) in [7, 11) is 0.